The van der Waals surface area contributed by atoms with Crippen LogP contribution in [0.1, 0.15) is 13.8 Å². The van der Waals surface area contributed by atoms with Crippen LogP contribution in [-0.2, 0) is 4.79 Å². The highest BCUT2D eigenvalue weighted by atomic mass is 35.5. The van der Waals surface area contributed by atoms with E-state index in [0.717, 1.165) is 22.1 Å². The lowest BCUT2D eigenvalue weighted by Crippen LogP contribution is -2.32. The molecule has 2 N–H and O–H groups in total. The van der Waals surface area contributed by atoms with Crippen LogP contribution in [0.5, 0.6) is 0 Å². The van der Waals surface area contributed by atoms with Gasteiger partial charge in [0, 0.05) is 28.2 Å². The first-order valence-corrected chi connectivity index (χ1v) is 9.75. The van der Waals surface area contributed by atoms with Gasteiger partial charge in [-0.1, -0.05) is 12.1 Å². The number of nitrogens with zero attached hydrogens (tertiary/aromatic N) is 1. The molecule has 0 fully saturated rings. The minimum absolute atomic E-state index is 0.121. The predicted molar refractivity (Wildman–Crippen MR) is 110 cm³/mol. The summed E-state index contributed by atoms with van der Waals surface area (Å²) in [5.41, 5.74) is 2.62. The third-order valence-electron chi connectivity index (χ3n) is 3.99. The summed E-state index contributed by atoms with van der Waals surface area (Å²) in [7, 11) is 0. The number of carbonyl (C=O) groups is 1. The Balaban J connectivity index is 1.68. The van der Waals surface area contributed by atoms with Crippen LogP contribution in [0.2, 0.25) is 0 Å². The van der Waals surface area contributed by atoms with Crippen molar-refractivity contribution < 1.29 is 9.18 Å². The Hall–Kier alpha value is -2.44. The first kappa shape index (κ1) is 19.3. The topological polar surface area (TPSA) is 54.0 Å². The van der Waals surface area contributed by atoms with Gasteiger partial charge in [0.25, 0.3) is 0 Å². The average molecular weight is 404 g/mol. The van der Waals surface area contributed by atoms with Gasteiger partial charge in [-0.15, -0.1) is 22.9 Å². The van der Waals surface area contributed by atoms with Crippen LogP contribution in [0.3, 0.4) is 0 Å². The molecular weight excluding hydrogens is 385 g/mol. The largest absolute Gasteiger partial charge is 0.332 e. The van der Waals surface area contributed by atoms with Gasteiger partial charge in [-0.2, -0.15) is 0 Å². The molecule has 0 spiro atoms. The van der Waals surface area contributed by atoms with Crippen molar-refractivity contribution >= 4 is 45.4 Å². The van der Waals surface area contributed by atoms with E-state index in [0.29, 0.717) is 5.69 Å². The molecule has 0 saturated heterocycles. The average Bonchev–Trinajstić information content (AvgIpc) is 3.12. The maximum atomic E-state index is 13.0. The molecule has 0 aliphatic heterocycles. The van der Waals surface area contributed by atoms with Crippen LogP contribution in [0, 0.1) is 11.2 Å². The Morgan fingerprint density at radius 2 is 1.74 bits per heavy atom. The second-order valence-corrected chi connectivity index (χ2v) is 7.84. The van der Waals surface area contributed by atoms with E-state index in [2.05, 4.69) is 15.6 Å². The Labute approximate surface area is 166 Å². The van der Waals surface area contributed by atoms with E-state index in [1.54, 1.807) is 26.0 Å². The molecule has 1 amide bonds. The fraction of sp³-hybridized carbons (Fsp3) is 0.200. The molecule has 3 rings (SSSR count). The number of benzene rings is 2. The molecule has 7 heteroatoms. The number of carbonyl (C=O) groups excluding carboxylic acids is 1. The van der Waals surface area contributed by atoms with Crippen molar-refractivity contribution in [1.29, 1.82) is 0 Å². The first-order chi connectivity index (χ1) is 12.9. The molecule has 1 aromatic heterocycles. The fourth-order valence-electron chi connectivity index (χ4n) is 2.21. The number of amides is 1. The maximum absolute atomic E-state index is 13.0. The molecule has 0 radical (unpaired) electrons. The summed E-state index contributed by atoms with van der Waals surface area (Å²) in [6, 6.07) is 13.6. The number of halogens is 2. The molecule has 0 aliphatic rings. The lowest BCUT2D eigenvalue weighted by atomic mass is 9.95. The van der Waals surface area contributed by atoms with Gasteiger partial charge in [-0.3, -0.25) is 4.79 Å². The van der Waals surface area contributed by atoms with E-state index in [-0.39, 0.29) is 17.6 Å². The molecule has 3 aromatic rings. The van der Waals surface area contributed by atoms with Crippen LogP contribution in [0.15, 0.2) is 53.9 Å². The summed E-state index contributed by atoms with van der Waals surface area (Å²) in [6.45, 7) is 3.60. The summed E-state index contributed by atoms with van der Waals surface area (Å²) < 4.78 is 13.0. The smallest absolute Gasteiger partial charge is 0.231 e. The minimum Gasteiger partial charge on any atom is -0.332 e. The normalized spacial score (nSPS) is 11.3. The number of thiazole rings is 1. The van der Waals surface area contributed by atoms with Crippen molar-refractivity contribution in [2.45, 2.75) is 13.8 Å². The SMILES string of the molecule is CC(C)(CCl)C(=O)Nc1ccc(-c2csc(Nc3ccc(F)cc3)n2)cc1. The van der Waals surface area contributed by atoms with E-state index in [1.807, 2.05) is 29.6 Å². The van der Waals surface area contributed by atoms with Gasteiger partial charge in [0.1, 0.15) is 5.82 Å². The molecule has 2 aromatic carbocycles. The van der Waals surface area contributed by atoms with Crippen molar-refractivity contribution in [2.24, 2.45) is 5.41 Å². The quantitative estimate of drug-likeness (QED) is 0.504. The number of aromatic nitrogens is 1. The Morgan fingerprint density at radius 3 is 2.37 bits per heavy atom. The second kappa shape index (κ2) is 8.06. The summed E-state index contributed by atoms with van der Waals surface area (Å²) in [5, 5.41) is 8.68. The zero-order valence-electron chi connectivity index (χ0n) is 14.9. The van der Waals surface area contributed by atoms with Gasteiger partial charge < -0.3 is 10.6 Å². The summed E-state index contributed by atoms with van der Waals surface area (Å²) in [6.07, 6.45) is 0. The Morgan fingerprint density at radius 1 is 1.11 bits per heavy atom. The highest BCUT2D eigenvalue weighted by Crippen LogP contribution is 2.28. The van der Waals surface area contributed by atoms with Crippen molar-refractivity contribution in [1.82, 2.24) is 4.98 Å². The molecule has 0 unspecified atom stereocenters. The number of alkyl halides is 1. The van der Waals surface area contributed by atoms with Gasteiger partial charge in [-0.05, 0) is 50.2 Å². The summed E-state index contributed by atoms with van der Waals surface area (Å²) >= 11 is 7.30. The van der Waals surface area contributed by atoms with E-state index in [9.17, 15) is 9.18 Å². The van der Waals surface area contributed by atoms with Crippen LogP contribution in [-0.4, -0.2) is 16.8 Å². The number of nitrogens with one attached hydrogen (secondary N) is 2. The third-order valence-corrected chi connectivity index (χ3v) is 5.41. The van der Waals surface area contributed by atoms with Crippen LogP contribution in [0.4, 0.5) is 20.9 Å². The Bertz CT molecular complexity index is 923. The monoisotopic (exact) mass is 403 g/mol. The number of anilines is 3. The fourth-order valence-corrected chi connectivity index (χ4v) is 3.07. The zero-order valence-corrected chi connectivity index (χ0v) is 16.5. The first-order valence-electron chi connectivity index (χ1n) is 8.33. The van der Waals surface area contributed by atoms with Gasteiger partial charge in [0.05, 0.1) is 11.1 Å². The highest BCUT2D eigenvalue weighted by molar-refractivity contribution is 7.14. The van der Waals surface area contributed by atoms with Crippen molar-refractivity contribution in [2.75, 3.05) is 16.5 Å². The number of hydrogen-bond acceptors (Lipinski definition) is 4. The molecule has 27 heavy (non-hydrogen) atoms. The number of hydrogen-bond donors (Lipinski definition) is 2. The van der Waals surface area contributed by atoms with Gasteiger partial charge >= 0.3 is 0 Å². The van der Waals surface area contributed by atoms with E-state index < -0.39 is 5.41 Å². The summed E-state index contributed by atoms with van der Waals surface area (Å²) in [4.78, 5) is 16.7. The third kappa shape index (κ3) is 4.84. The number of rotatable bonds is 6. The summed E-state index contributed by atoms with van der Waals surface area (Å²) in [5.74, 6) is -0.147. The lowest BCUT2D eigenvalue weighted by Gasteiger charge is -2.20. The molecule has 140 valence electrons. The molecule has 0 atom stereocenters. The van der Waals surface area contributed by atoms with E-state index in [4.69, 9.17) is 11.6 Å². The molecule has 1 heterocycles. The van der Waals surface area contributed by atoms with E-state index >= 15 is 0 Å². The maximum Gasteiger partial charge on any atom is 0.231 e. The van der Waals surface area contributed by atoms with Crippen LogP contribution < -0.4 is 10.6 Å². The van der Waals surface area contributed by atoms with Crippen molar-refractivity contribution in [3.63, 3.8) is 0 Å². The van der Waals surface area contributed by atoms with Gasteiger partial charge in [-0.25, -0.2) is 9.37 Å². The highest BCUT2D eigenvalue weighted by Gasteiger charge is 2.26. The van der Waals surface area contributed by atoms with Gasteiger partial charge in [0.2, 0.25) is 5.91 Å². The van der Waals surface area contributed by atoms with Gasteiger partial charge in [0.15, 0.2) is 5.13 Å². The lowest BCUT2D eigenvalue weighted by molar-refractivity contribution is -0.122. The molecular formula is C20H19ClFN3OS. The van der Waals surface area contributed by atoms with E-state index in [1.165, 1.54) is 23.5 Å². The van der Waals surface area contributed by atoms with Crippen molar-refractivity contribution in [3.05, 3.63) is 59.7 Å². The standard InChI is InChI=1S/C20H19ClFN3OS/c1-20(2,12-21)18(26)23-15-7-3-13(4-8-15)17-11-27-19(25-17)24-16-9-5-14(22)6-10-16/h3-11H,12H2,1-2H3,(H,23,26)(H,24,25). The van der Waals surface area contributed by atoms with Crippen molar-refractivity contribution in [3.8, 4) is 11.3 Å². The molecule has 4 nitrogen and oxygen atoms in total. The second-order valence-electron chi connectivity index (χ2n) is 6.72. The zero-order chi connectivity index (χ0) is 19.4. The molecule has 0 aliphatic carbocycles. The Kier molecular flexibility index (Phi) is 5.77. The molecule has 0 bridgehead atoms. The van der Waals surface area contributed by atoms with Crippen LogP contribution >= 0.6 is 22.9 Å². The predicted octanol–water partition coefficient (Wildman–Crippen LogP) is 5.90. The molecule has 0 saturated carbocycles. The van der Waals surface area contributed by atoms with Crippen LogP contribution in [0.25, 0.3) is 11.3 Å². The minimum atomic E-state index is -0.629.